The van der Waals surface area contributed by atoms with Gasteiger partial charge in [0.25, 0.3) is 0 Å². The van der Waals surface area contributed by atoms with Gasteiger partial charge in [-0.15, -0.1) is 0 Å². The maximum absolute atomic E-state index is 11.5. The van der Waals surface area contributed by atoms with E-state index >= 15 is 0 Å². The van der Waals surface area contributed by atoms with E-state index in [2.05, 4.69) is 12.2 Å². The summed E-state index contributed by atoms with van der Waals surface area (Å²) in [6.45, 7) is 1.93. The highest BCUT2D eigenvalue weighted by molar-refractivity contribution is 5.83. The van der Waals surface area contributed by atoms with Crippen LogP contribution in [0, 0.1) is 0 Å². The number of carboxylic acids is 1. The number of aliphatic hydroxyl groups excluding tert-OH is 1. The van der Waals surface area contributed by atoms with Crippen LogP contribution < -0.4 is 5.32 Å². The zero-order chi connectivity index (χ0) is 14.5. The Morgan fingerprint density at radius 2 is 1.63 bits per heavy atom. The normalized spacial score (nSPS) is 12.1. The van der Waals surface area contributed by atoms with Crippen molar-refractivity contribution < 1.29 is 19.8 Å². The van der Waals surface area contributed by atoms with E-state index in [0.717, 1.165) is 19.3 Å². The van der Waals surface area contributed by atoms with E-state index in [9.17, 15) is 9.59 Å². The highest BCUT2D eigenvalue weighted by Gasteiger charge is 2.18. The molecule has 0 radical (unpaired) electrons. The maximum Gasteiger partial charge on any atom is 0.326 e. The molecule has 112 valence electrons. The number of hydrogen-bond donors (Lipinski definition) is 3. The van der Waals surface area contributed by atoms with E-state index in [4.69, 9.17) is 10.2 Å². The monoisotopic (exact) mass is 273 g/mol. The molecule has 0 aromatic heterocycles. The summed E-state index contributed by atoms with van der Waals surface area (Å²) in [6.07, 6.45) is 8.30. The fourth-order valence-corrected chi connectivity index (χ4v) is 1.90. The molecule has 3 N–H and O–H groups in total. The smallest absolute Gasteiger partial charge is 0.326 e. The zero-order valence-corrected chi connectivity index (χ0v) is 11.9. The minimum atomic E-state index is -1.10. The summed E-state index contributed by atoms with van der Waals surface area (Å²) in [5.41, 5.74) is 0. The molecule has 0 bridgehead atoms. The number of hydrogen-bond acceptors (Lipinski definition) is 3. The lowest BCUT2D eigenvalue weighted by atomic mass is 10.1. The fourth-order valence-electron chi connectivity index (χ4n) is 1.90. The summed E-state index contributed by atoms with van der Waals surface area (Å²) < 4.78 is 0. The Hall–Kier alpha value is -1.10. The third-order valence-corrected chi connectivity index (χ3v) is 3.06. The van der Waals surface area contributed by atoms with Crippen molar-refractivity contribution in [1.82, 2.24) is 5.32 Å². The van der Waals surface area contributed by atoms with Gasteiger partial charge in [0.1, 0.15) is 6.04 Å². The number of carbonyl (C=O) groups excluding carboxylic acids is 1. The average molecular weight is 273 g/mol. The Kier molecular flexibility index (Phi) is 11.3. The molecule has 0 aromatic carbocycles. The van der Waals surface area contributed by atoms with Crippen LogP contribution in [-0.2, 0) is 9.59 Å². The molecule has 1 atom stereocenters. The Balaban J connectivity index is 3.60. The van der Waals surface area contributed by atoms with E-state index in [1.165, 1.54) is 25.7 Å². The van der Waals surface area contributed by atoms with Gasteiger partial charge in [-0.25, -0.2) is 4.79 Å². The SMILES string of the molecule is CCCCCCCCCC(=O)N[C@@H](CCO)C(=O)O. The van der Waals surface area contributed by atoms with Crippen LogP contribution in [0.2, 0.25) is 0 Å². The van der Waals surface area contributed by atoms with Crippen LogP contribution in [-0.4, -0.2) is 34.7 Å². The first-order chi connectivity index (χ1) is 9.11. The lowest BCUT2D eigenvalue weighted by Crippen LogP contribution is -2.41. The van der Waals surface area contributed by atoms with E-state index in [1.807, 2.05) is 0 Å². The predicted molar refractivity (Wildman–Crippen MR) is 73.9 cm³/mol. The zero-order valence-electron chi connectivity index (χ0n) is 11.9. The molecule has 0 heterocycles. The Bertz CT molecular complexity index is 256. The molecule has 0 saturated heterocycles. The third kappa shape index (κ3) is 10.5. The lowest BCUT2D eigenvalue weighted by molar-refractivity contribution is -0.142. The van der Waals surface area contributed by atoms with E-state index in [0.29, 0.717) is 6.42 Å². The van der Waals surface area contributed by atoms with E-state index in [1.54, 1.807) is 0 Å². The van der Waals surface area contributed by atoms with Gasteiger partial charge in [0.15, 0.2) is 0 Å². The van der Waals surface area contributed by atoms with Crippen molar-refractivity contribution in [3.63, 3.8) is 0 Å². The van der Waals surface area contributed by atoms with Gasteiger partial charge in [0, 0.05) is 19.4 Å². The second-order valence-corrected chi connectivity index (χ2v) is 4.84. The first-order valence-electron chi connectivity index (χ1n) is 7.24. The van der Waals surface area contributed by atoms with Gasteiger partial charge in [0.05, 0.1) is 0 Å². The Morgan fingerprint density at radius 3 is 2.16 bits per heavy atom. The second kappa shape index (κ2) is 12.0. The van der Waals surface area contributed by atoms with Crippen LogP contribution in [0.3, 0.4) is 0 Å². The first-order valence-corrected chi connectivity index (χ1v) is 7.24. The van der Waals surface area contributed by atoms with Crippen molar-refractivity contribution in [3.8, 4) is 0 Å². The van der Waals surface area contributed by atoms with Gasteiger partial charge in [0.2, 0.25) is 5.91 Å². The van der Waals surface area contributed by atoms with E-state index < -0.39 is 12.0 Å². The molecular weight excluding hydrogens is 246 g/mol. The van der Waals surface area contributed by atoms with Crippen LogP contribution in [0.15, 0.2) is 0 Å². The van der Waals surface area contributed by atoms with Crippen LogP contribution in [0.25, 0.3) is 0 Å². The van der Waals surface area contributed by atoms with Crippen LogP contribution in [0.1, 0.15) is 64.7 Å². The Labute approximate surface area is 115 Å². The number of carbonyl (C=O) groups is 2. The number of nitrogens with one attached hydrogen (secondary N) is 1. The molecule has 0 spiro atoms. The maximum atomic E-state index is 11.5. The summed E-state index contributed by atoms with van der Waals surface area (Å²) in [4.78, 5) is 22.3. The highest BCUT2D eigenvalue weighted by Crippen LogP contribution is 2.08. The number of aliphatic hydroxyl groups is 1. The molecule has 0 rings (SSSR count). The van der Waals surface area contributed by atoms with Gasteiger partial charge in [-0.3, -0.25) is 4.79 Å². The minimum Gasteiger partial charge on any atom is -0.480 e. The Morgan fingerprint density at radius 1 is 1.05 bits per heavy atom. The second-order valence-electron chi connectivity index (χ2n) is 4.84. The minimum absolute atomic E-state index is 0.0537. The van der Waals surface area contributed by atoms with Crippen LogP contribution in [0.4, 0.5) is 0 Å². The van der Waals surface area contributed by atoms with Crippen molar-refractivity contribution in [1.29, 1.82) is 0 Å². The quantitative estimate of drug-likeness (QED) is 0.475. The molecule has 0 aliphatic rings. The van der Waals surface area contributed by atoms with Gasteiger partial charge in [-0.2, -0.15) is 0 Å². The van der Waals surface area contributed by atoms with Crippen molar-refractivity contribution in [2.24, 2.45) is 0 Å². The van der Waals surface area contributed by atoms with E-state index in [-0.39, 0.29) is 18.9 Å². The summed E-state index contributed by atoms with van der Waals surface area (Å²) in [6, 6.07) is -0.970. The molecule has 0 unspecified atom stereocenters. The van der Waals surface area contributed by atoms with Crippen molar-refractivity contribution in [2.75, 3.05) is 6.61 Å². The summed E-state index contributed by atoms with van der Waals surface area (Å²) in [5, 5.41) is 20.0. The first kappa shape index (κ1) is 17.9. The summed E-state index contributed by atoms with van der Waals surface area (Å²) in [5.74, 6) is -1.34. The largest absolute Gasteiger partial charge is 0.480 e. The van der Waals surface area contributed by atoms with Crippen molar-refractivity contribution >= 4 is 11.9 Å². The highest BCUT2D eigenvalue weighted by atomic mass is 16.4. The third-order valence-electron chi connectivity index (χ3n) is 3.06. The van der Waals surface area contributed by atoms with Crippen molar-refractivity contribution in [3.05, 3.63) is 0 Å². The van der Waals surface area contributed by atoms with Crippen molar-refractivity contribution in [2.45, 2.75) is 70.8 Å². The van der Waals surface area contributed by atoms with Crippen LogP contribution >= 0.6 is 0 Å². The predicted octanol–water partition coefficient (Wildman–Crippen LogP) is 2.08. The standard InChI is InChI=1S/C14H27NO4/c1-2-3-4-5-6-7-8-9-13(17)15-12(10-11-16)14(18)19/h12,16H,2-11H2,1H3,(H,15,17)(H,18,19)/t12-/m0/s1. The molecule has 0 aromatic rings. The number of rotatable bonds is 12. The van der Waals surface area contributed by atoms with Gasteiger partial charge >= 0.3 is 5.97 Å². The number of unbranched alkanes of at least 4 members (excludes halogenated alkanes) is 6. The molecule has 0 fully saturated rings. The molecule has 5 nitrogen and oxygen atoms in total. The molecule has 0 saturated carbocycles. The topological polar surface area (TPSA) is 86.6 Å². The average Bonchev–Trinajstić information content (AvgIpc) is 2.37. The van der Waals surface area contributed by atoms with Gasteiger partial charge in [-0.05, 0) is 6.42 Å². The van der Waals surface area contributed by atoms with Crippen LogP contribution in [0.5, 0.6) is 0 Å². The fraction of sp³-hybridized carbons (Fsp3) is 0.857. The molecule has 0 aliphatic heterocycles. The summed E-state index contributed by atoms with van der Waals surface area (Å²) in [7, 11) is 0. The summed E-state index contributed by atoms with van der Waals surface area (Å²) >= 11 is 0. The van der Waals surface area contributed by atoms with Gasteiger partial charge in [-0.1, -0.05) is 45.4 Å². The number of carboxylic acid groups (broad SMARTS) is 1. The lowest BCUT2D eigenvalue weighted by Gasteiger charge is -2.12. The molecule has 0 aliphatic carbocycles. The number of aliphatic carboxylic acids is 1. The molecular formula is C14H27NO4. The number of amides is 1. The van der Waals surface area contributed by atoms with Gasteiger partial charge < -0.3 is 15.5 Å². The molecule has 1 amide bonds. The molecule has 19 heavy (non-hydrogen) atoms. The molecule has 5 heteroatoms.